The van der Waals surface area contributed by atoms with E-state index in [-0.39, 0.29) is 35.7 Å². The van der Waals surface area contributed by atoms with Gasteiger partial charge in [0.15, 0.2) is 0 Å². The Morgan fingerprint density at radius 3 is 2.15 bits per heavy atom. The molecule has 1 aliphatic heterocycles. The minimum Gasteiger partial charge on any atom is -0.459 e. The highest BCUT2D eigenvalue weighted by Crippen LogP contribution is 2.65. The molecule has 6 atom stereocenters. The van der Waals surface area contributed by atoms with E-state index in [4.69, 9.17) is 10.5 Å². The first kappa shape index (κ1) is 35.9. The molecule has 5 amide bonds. The van der Waals surface area contributed by atoms with Gasteiger partial charge in [0, 0.05) is 6.54 Å². The normalized spacial score (nSPS) is 23.9. The van der Waals surface area contributed by atoms with Crippen molar-refractivity contribution in [2.75, 3.05) is 6.54 Å². The average Bonchev–Trinajstić information content (AvgIpc) is 3.84. The molecule has 0 spiro atoms. The summed E-state index contributed by atoms with van der Waals surface area (Å²) in [5.74, 6) is -3.77. The van der Waals surface area contributed by atoms with Gasteiger partial charge in [0.25, 0.3) is 5.91 Å². The zero-order valence-corrected chi connectivity index (χ0v) is 28.8. The molecule has 1 heterocycles. The summed E-state index contributed by atoms with van der Waals surface area (Å²) in [5.41, 5.74) is 3.70. The molecule has 3 aliphatic rings. The van der Waals surface area contributed by atoms with Gasteiger partial charge in [-0.3, -0.25) is 19.2 Å². The van der Waals surface area contributed by atoms with Gasteiger partial charge in [0.05, 0.1) is 6.04 Å². The zero-order chi connectivity index (χ0) is 35.1. The number of urea groups is 1. The number of rotatable bonds is 13. The number of ketones is 1. The van der Waals surface area contributed by atoms with E-state index in [0.717, 1.165) is 18.4 Å². The summed E-state index contributed by atoms with van der Waals surface area (Å²) < 4.78 is 5.57. The van der Waals surface area contributed by atoms with Crippen LogP contribution >= 0.6 is 0 Å². The highest BCUT2D eigenvalue weighted by Gasteiger charge is 2.70. The van der Waals surface area contributed by atoms with Gasteiger partial charge in [-0.2, -0.15) is 0 Å². The maximum Gasteiger partial charge on any atom is 0.332 e. The van der Waals surface area contributed by atoms with Crippen LogP contribution in [0.3, 0.4) is 0 Å². The van der Waals surface area contributed by atoms with E-state index in [1.807, 2.05) is 44.2 Å². The molecule has 47 heavy (non-hydrogen) atoms. The molecule has 258 valence electrons. The minimum absolute atomic E-state index is 0.0397. The number of carbonyl (C=O) groups is 6. The Morgan fingerprint density at radius 1 is 1.00 bits per heavy atom. The number of likely N-dealkylation sites (tertiary alicyclic amines) is 1. The second kappa shape index (κ2) is 13.3. The van der Waals surface area contributed by atoms with Crippen molar-refractivity contribution in [2.45, 2.75) is 105 Å². The lowest BCUT2D eigenvalue weighted by molar-refractivity contribution is -0.153. The van der Waals surface area contributed by atoms with Crippen LogP contribution in [0.2, 0.25) is 0 Å². The SMILES string of the molecule is CC(C)[C@@](C)(NC(=O)N[C@H](C(=O)N1C[C@H]2[C@@H]([C@H]1C(=O)NC(CC1CC1)C(=O)C(N)=O)C2(C)C)C(C)(C)C)C(=O)OCc1ccccc1. The summed E-state index contributed by atoms with van der Waals surface area (Å²) in [6.07, 6.45) is 2.14. The number of hydrogen-bond donors (Lipinski definition) is 4. The molecule has 1 aromatic carbocycles. The quantitative estimate of drug-likeness (QED) is 0.187. The predicted octanol–water partition coefficient (Wildman–Crippen LogP) is 2.68. The Labute approximate surface area is 277 Å². The van der Waals surface area contributed by atoms with Crippen molar-refractivity contribution in [2.24, 2.45) is 40.2 Å². The second-order valence-corrected chi connectivity index (χ2v) is 15.7. The van der Waals surface area contributed by atoms with Crippen molar-refractivity contribution in [3.8, 4) is 0 Å². The number of Topliss-reactive ketones (excluding diaryl/α,β-unsaturated/α-hetero) is 1. The second-order valence-electron chi connectivity index (χ2n) is 15.7. The first-order valence-corrected chi connectivity index (χ1v) is 16.5. The highest BCUT2D eigenvalue weighted by atomic mass is 16.5. The molecule has 0 radical (unpaired) electrons. The number of nitrogens with zero attached hydrogens (tertiary/aromatic N) is 1. The summed E-state index contributed by atoms with van der Waals surface area (Å²) in [6.45, 7) is 15.0. The molecule has 12 heteroatoms. The number of esters is 1. The third-order valence-electron chi connectivity index (χ3n) is 10.5. The molecule has 1 unspecified atom stereocenters. The van der Waals surface area contributed by atoms with Crippen LogP contribution in [0.5, 0.6) is 0 Å². The Hall–Kier alpha value is -3.96. The van der Waals surface area contributed by atoms with Crippen LogP contribution in [0.4, 0.5) is 4.79 Å². The molecule has 5 N–H and O–H groups in total. The molecular formula is C35H51N5O7. The van der Waals surface area contributed by atoms with E-state index in [1.165, 1.54) is 4.90 Å². The van der Waals surface area contributed by atoms with Crippen molar-refractivity contribution in [3.05, 3.63) is 35.9 Å². The number of benzene rings is 1. The van der Waals surface area contributed by atoms with Crippen LogP contribution in [-0.2, 0) is 35.3 Å². The number of piperidine rings is 1. The fraction of sp³-hybridized carbons (Fsp3) is 0.657. The molecule has 0 bridgehead atoms. The lowest BCUT2D eigenvalue weighted by Gasteiger charge is -2.39. The van der Waals surface area contributed by atoms with Crippen molar-refractivity contribution < 1.29 is 33.5 Å². The number of carbonyl (C=O) groups excluding carboxylic acids is 6. The Kier molecular flexibility index (Phi) is 10.1. The van der Waals surface area contributed by atoms with Crippen molar-refractivity contribution >= 4 is 35.5 Å². The fourth-order valence-corrected chi connectivity index (χ4v) is 6.68. The van der Waals surface area contributed by atoms with E-state index < -0.39 is 64.6 Å². The molecule has 1 saturated heterocycles. The van der Waals surface area contributed by atoms with E-state index in [0.29, 0.717) is 13.0 Å². The van der Waals surface area contributed by atoms with Crippen LogP contribution in [-0.4, -0.2) is 70.6 Å². The third-order valence-corrected chi connectivity index (χ3v) is 10.5. The minimum atomic E-state index is -1.41. The summed E-state index contributed by atoms with van der Waals surface area (Å²) in [7, 11) is 0. The predicted molar refractivity (Wildman–Crippen MR) is 174 cm³/mol. The van der Waals surface area contributed by atoms with Gasteiger partial charge in [-0.25, -0.2) is 9.59 Å². The summed E-state index contributed by atoms with van der Waals surface area (Å²) in [6, 6.07) is 5.46. The van der Waals surface area contributed by atoms with Crippen molar-refractivity contribution in [3.63, 3.8) is 0 Å². The van der Waals surface area contributed by atoms with Gasteiger partial charge in [0.2, 0.25) is 17.6 Å². The van der Waals surface area contributed by atoms with E-state index in [2.05, 4.69) is 16.0 Å². The number of nitrogens with one attached hydrogen (secondary N) is 3. The topological polar surface area (TPSA) is 177 Å². The number of primary amides is 1. The van der Waals surface area contributed by atoms with Crippen LogP contribution in [0.1, 0.15) is 80.2 Å². The number of nitrogens with two attached hydrogens (primary N) is 1. The molecule has 1 aromatic rings. The van der Waals surface area contributed by atoms with Gasteiger partial charge < -0.3 is 31.3 Å². The number of hydrogen-bond acceptors (Lipinski definition) is 7. The van der Waals surface area contributed by atoms with Crippen molar-refractivity contribution in [1.82, 2.24) is 20.9 Å². The smallest absolute Gasteiger partial charge is 0.332 e. The Balaban J connectivity index is 1.51. The van der Waals surface area contributed by atoms with Gasteiger partial charge >= 0.3 is 12.0 Å². The highest BCUT2D eigenvalue weighted by molar-refractivity contribution is 6.37. The molecule has 2 saturated carbocycles. The maximum atomic E-state index is 14.3. The number of fused-ring (bicyclic) bond motifs is 1. The molecular weight excluding hydrogens is 602 g/mol. The van der Waals surface area contributed by atoms with E-state index in [9.17, 15) is 28.8 Å². The Bertz CT molecular complexity index is 1400. The maximum absolute atomic E-state index is 14.3. The summed E-state index contributed by atoms with van der Waals surface area (Å²) in [5, 5.41) is 8.31. The number of ether oxygens (including phenoxy) is 1. The van der Waals surface area contributed by atoms with Crippen LogP contribution in [0.15, 0.2) is 30.3 Å². The van der Waals surface area contributed by atoms with Gasteiger partial charge in [0.1, 0.15) is 24.2 Å². The van der Waals surface area contributed by atoms with Crippen LogP contribution in [0, 0.1) is 34.5 Å². The fourth-order valence-electron chi connectivity index (χ4n) is 6.68. The van der Waals surface area contributed by atoms with Crippen LogP contribution < -0.4 is 21.7 Å². The van der Waals surface area contributed by atoms with E-state index >= 15 is 0 Å². The third kappa shape index (κ3) is 7.79. The standard InChI is InChI=1S/C35H51N5O7/c1-19(2)35(8,31(45)47-18-21-12-10-9-11-13-21)39-32(46)38-27(33(3,4)5)30(44)40-17-22-24(34(22,6)7)25(40)29(43)37-23(16-20-14-15-20)26(41)28(36)42/h9-13,19-20,22-25,27H,14-18H2,1-8H3,(H2,36,42)(H,37,43)(H2,38,39,46)/t22-,23?,24-,25-,27+,35+/m0/s1. The Morgan fingerprint density at radius 2 is 1.62 bits per heavy atom. The molecule has 4 rings (SSSR count). The number of amides is 5. The molecule has 2 aliphatic carbocycles. The van der Waals surface area contributed by atoms with E-state index in [1.54, 1.807) is 41.5 Å². The largest absolute Gasteiger partial charge is 0.459 e. The molecule has 3 fully saturated rings. The summed E-state index contributed by atoms with van der Waals surface area (Å²) >= 11 is 0. The van der Waals surface area contributed by atoms with Gasteiger partial charge in [-0.05, 0) is 53.4 Å². The monoisotopic (exact) mass is 653 g/mol. The molecule has 0 aromatic heterocycles. The van der Waals surface area contributed by atoms with Crippen LogP contribution in [0.25, 0.3) is 0 Å². The first-order valence-electron chi connectivity index (χ1n) is 16.5. The molecule has 12 nitrogen and oxygen atoms in total. The first-order chi connectivity index (χ1) is 21.8. The lowest BCUT2D eigenvalue weighted by atomic mass is 9.85. The van der Waals surface area contributed by atoms with Gasteiger partial charge in [-0.15, -0.1) is 0 Å². The lowest BCUT2D eigenvalue weighted by Crippen LogP contribution is -2.64. The summed E-state index contributed by atoms with van der Waals surface area (Å²) in [4.78, 5) is 80.8. The zero-order valence-electron chi connectivity index (χ0n) is 28.8. The van der Waals surface area contributed by atoms with Gasteiger partial charge in [-0.1, -0.05) is 91.6 Å². The average molecular weight is 654 g/mol. The van der Waals surface area contributed by atoms with Crippen molar-refractivity contribution in [1.29, 1.82) is 0 Å².